The number of rotatable bonds is 3. The lowest BCUT2D eigenvalue weighted by molar-refractivity contribution is -0.116. The van der Waals surface area contributed by atoms with Gasteiger partial charge in [-0.25, -0.2) is 18.7 Å². The van der Waals surface area contributed by atoms with Crippen LogP contribution < -0.4 is 5.32 Å². The summed E-state index contributed by atoms with van der Waals surface area (Å²) in [5.74, 6) is -2.53. The second kappa shape index (κ2) is 6.05. The highest BCUT2D eigenvalue weighted by Crippen LogP contribution is 2.20. The molecule has 0 saturated heterocycles. The van der Waals surface area contributed by atoms with Gasteiger partial charge in [-0.15, -0.1) is 0 Å². The molecule has 1 amide bonds. The standard InChI is InChI=1S/C13H7Cl2F2N5O/c14-11-10-12(21-13(15)20-11)22(5-18-10)4-9(23)19-6-1-2-7(16)8(17)3-6/h1-3,5H,4H2,(H,19,23). The average Bonchev–Trinajstić information content (AvgIpc) is 2.86. The quantitative estimate of drug-likeness (QED) is 0.577. The van der Waals surface area contributed by atoms with E-state index in [1.54, 1.807) is 0 Å². The molecule has 0 atom stereocenters. The SMILES string of the molecule is O=C(Cn1cnc2c(Cl)nc(Cl)nc21)Nc1ccc(F)c(F)c1. The first kappa shape index (κ1) is 15.6. The average molecular weight is 358 g/mol. The van der Waals surface area contributed by atoms with E-state index in [1.165, 1.54) is 17.0 Å². The lowest BCUT2D eigenvalue weighted by Gasteiger charge is -2.07. The van der Waals surface area contributed by atoms with Crippen molar-refractivity contribution in [3.8, 4) is 0 Å². The van der Waals surface area contributed by atoms with E-state index < -0.39 is 17.5 Å². The molecule has 0 fully saturated rings. The van der Waals surface area contributed by atoms with Crippen molar-refractivity contribution in [1.82, 2.24) is 19.5 Å². The molecule has 3 rings (SSSR count). The predicted octanol–water partition coefficient (Wildman–Crippen LogP) is 3.05. The van der Waals surface area contributed by atoms with E-state index in [2.05, 4.69) is 20.3 Å². The first-order valence-electron chi connectivity index (χ1n) is 6.23. The van der Waals surface area contributed by atoms with Crippen LogP contribution in [0.4, 0.5) is 14.5 Å². The molecule has 1 N–H and O–H groups in total. The summed E-state index contributed by atoms with van der Waals surface area (Å²) < 4.78 is 27.4. The summed E-state index contributed by atoms with van der Waals surface area (Å²) in [4.78, 5) is 23.7. The first-order chi connectivity index (χ1) is 10.9. The Morgan fingerprint density at radius 1 is 1.22 bits per heavy atom. The molecular weight excluding hydrogens is 351 g/mol. The largest absolute Gasteiger partial charge is 0.324 e. The van der Waals surface area contributed by atoms with Crippen LogP contribution in [-0.2, 0) is 11.3 Å². The zero-order valence-corrected chi connectivity index (χ0v) is 12.7. The third-order valence-electron chi connectivity index (χ3n) is 2.91. The van der Waals surface area contributed by atoms with Gasteiger partial charge in [0.15, 0.2) is 22.4 Å². The van der Waals surface area contributed by atoms with Crippen LogP contribution in [0.25, 0.3) is 11.2 Å². The number of hydrogen-bond donors (Lipinski definition) is 1. The Morgan fingerprint density at radius 3 is 2.74 bits per heavy atom. The van der Waals surface area contributed by atoms with Crippen LogP contribution in [0.15, 0.2) is 24.5 Å². The van der Waals surface area contributed by atoms with E-state index in [9.17, 15) is 13.6 Å². The Hall–Kier alpha value is -2.32. The summed E-state index contributed by atoms with van der Waals surface area (Å²) in [6.07, 6.45) is 1.35. The molecule has 0 unspecified atom stereocenters. The fourth-order valence-electron chi connectivity index (χ4n) is 1.93. The number of carbonyl (C=O) groups is 1. The van der Waals surface area contributed by atoms with Gasteiger partial charge in [-0.3, -0.25) is 4.79 Å². The minimum absolute atomic E-state index is 0.0692. The normalized spacial score (nSPS) is 11.0. The molecule has 2 aromatic heterocycles. The molecule has 0 bridgehead atoms. The van der Waals surface area contributed by atoms with Crippen molar-refractivity contribution in [3.63, 3.8) is 0 Å². The Kier molecular flexibility index (Phi) is 4.10. The molecule has 0 aliphatic rings. The van der Waals surface area contributed by atoms with Gasteiger partial charge in [-0.05, 0) is 23.7 Å². The number of aromatic nitrogens is 4. The lowest BCUT2D eigenvalue weighted by atomic mass is 10.3. The number of halogens is 4. The molecule has 0 radical (unpaired) electrons. The molecule has 6 nitrogen and oxygen atoms in total. The van der Waals surface area contributed by atoms with Gasteiger partial charge in [0.25, 0.3) is 0 Å². The van der Waals surface area contributed by atoms with Gasteiger partial charge < -0.3 is 9.88 Å². The van der Waals surface area contributed by atoms with E-state index >= 15 is 0 Å². The smallest absolute Gasteiger partial charge is 0.244 e. The molecule has 10 heteroatoms. The van der Waals surface area contributed by atoms with Crippen molar-refractivity contribution < 1.29 is 13.6 Å². The highest BCUT2D eigenvalue weighted by molar-refractivity contribution is 6.35. The van der Waals surface area contributed by atoms with Crippen molar-refractivity contribution in [1.29, 1.82) is 0 Å². The molecule has 2 heterocycles. The number of nitrogens with one attached hydrogen (secondary N) is 1. The first-order valence-corrected chi connectivity index (χ1v) is 6.98. The molecular formula is C13H7Cl2F2N5O. The summed E-state index contributed by atoms with van der Waals surface area (Å²) in [5.41, 5.74) is 0.719. The zero-order valence-electron chi connectivity index (χ0n) is 11.2. The van der Waals surface area contributed by atoms with Crippen molar-refractivity contribution in [2.24, 2.45) is 0 Å². The van der Waals surface area contributed by atoms with Gasteiger partial charge in [-0.2, -0.15) is 4.98 Å². The molecule has 0 saturated carbocycles. The van der Waals surface area contributed by atoms with E-state index in [4.69, 9.17) is 23.2 Å². The number of anilines is 1. The van der Waals surface area contributed by atoms with E-state index in [1.807, 2.05) is 0 Å². The fourth-order valence-corrected chi connectivity index (χ4v) is 2.35. The van der Waals surface area contributed by atoms with Crippen LogP contribution in [0.5, 0.6) is 0 Å². The number of hydrogen-bond acceptors (Lipinski definition) is 4. The van der Waals surface area contributed by atoms with Gasteiger partial charge in [0.2, 0.25) is 11.2 Å². The van der Waals surface area contributed by atoms with Gasteiger partial charge in [0.1, 0.15) is 12.1 Å². The van der Waals surface area contributed by atoms with Crippen molar-refractivity contribution >= 4 is 46.0 Å². The predicted molar refractivity (Wildman–Crippen MR) is 80.3 cm³/mol. The number of amides is 1. The van der Waals surface area contributed by atoms with Crippen LogP contribution in [-0.4, -0.2) is 25.4 Å². The molecule has 0 aliphatic heterocycles. The minimum Gasteiger partial charge on any atom is -0.324 e. The third kappa shape index (κ3) is 3.22. The monoisotopic (exact) mass is 357 g/mol. The van der Waals surface area contributed by atoms with Crippen molar-refractivity contribution in [3.05, 3.63) is 46.6 Å². The van der Waals surface area contributed by atoms with Crippen LogP contribution >= 0.6 is 23.2 Å². The molecule has 0 aliphatic carbocycles. The van der Waals surface area contributed by atoms with E-state index in [-0.39, 0.29) is 28.3 Å². The van der Waals surface area contributed by atoms with E-state index in [0.29, 0.717) is 5.52 Å². The Bertz CT molecular complexity index is 915. The maximum absolute atomic E-state index is 13.1. The third-order valence-corrected chi connectivity index (χ3v) is 3.34. The summed E-state index contributed by atoms with van der Waals surface area (Å²) in [6, 6.07) is 3.05. The highest BCUT2D eigenvalue weighted by Gasteiger charge is 2.14. The van der Waals surface area contributed by atoms with Crippen LogP contribution in [0, 0.1) is 11.6 Å². The number of imidazole rings is 1. The van der Waals surface area contributed by atoms with Crippen LogP contribution in [0.3, 0.4) is 0 Å². The van der Waals surface area contributed by atoms with E-state index in [0.717, 1.165) is 12.1 Å². The van der Waals surface area contributed by atoms with Crippen LogP contribution in [0.2, 0.25) is 10.4 Å². The minimum atomic E-state index is -1.05. The maximum Gasteiger partial charge on any atom is 0.244 e. The summed E-state index contributed by atoms with van der Waals surface area (Å²) in [7, 11) is 0. The van der Waals surface area contributed by atoms with Gasteiger partial charge >= 0.3 is 0 Å². The van der Waals surface area contributed by atoms with Crippen molar-refractivity contribution in [2.45, 2.75) is 6.54 Å². The number of benzene rings is 1. The van der Waals surface area contributed by atoms with Crippen LogP contribution in [0.1, 0.15) is 0 Å². The molecule has 1 aromatic carbocycles. The molecule has 3 aromatic rings. The molecule has 23 heavy (non-hydrogen) atoms. The Balaban J connectivity index is 1.81. The van der Waals surface area contributed by atoms with Crippen molar-refractivity contribution in [2.75, 3.05) is 5.32 Å². The number of nitrogens with zero attached hydrogens (tertiary/aromatic N) is 4. The van der Waals surface area contributed by atoms with Gasteiger partial charge in [0.05, 0.1) is 6.33 Å². The highest BCUT2D eigenvalue weighted by atomic mass is 35.5. The fraction of sp³-hybridized carbons (Fsp3) is 0.0769. The number of carbonyl (C=O) groups excluding carboxylic acids is 1. The molecule has 118 valence electrons. The summed E-state index contributed by atoms with van der Waals surface area (Å²) in [5, 5.41) is 2.43. The summed E-state index contributed by atoms with van der Waals surface area (Å²) in [6.45, 7) is -0.167. The lowest BCUT2D eigenvalue weighted by Crippen LogP contribution is -2.18. The second-order valence-corrected chi connectivity index (χ2v) is 5.20. The number of fused-ring (bicyclic) bond motifs is 1. The molecule has 0 spiro atoms. The maximum atomic E-state index is 13.1. The zero-order chi connectivity index (χ0) is 16.6. The topological polar surface area (TPSA) is 72.7 Å². The summed E-state index contributed by atoms with van der Waals surface area (Å²) >= 11 is 11.6. The second-order valence-electron chi connectivity index (χ2n) is 4.51. The van der Waals surface area contributed by atoms with Gasteiger partial charge in [-0.1, -0.05) is 11.6 Å². The Labute approximate surface area is 138 Å². The van der Waals surface area contributed by atoms with Gasteiger partial charge in [0, 0.05) is 11.8 Å². The Morgan fingerprint density at radius 2 is 2.00 bits per heavy atom.